The summed E-state index contributed by atoms with van der Waals surface area (Å²) in [5.41, 5.74) is 5.73. The molecule has 0 bridgehead atoms. The van der Waals surface area contributed by atoms with Crippen molar-refractivity contribution in [3.05, 3.63) is 35.5 Å². The van der Waals surface area contributed by atoms with E-state index in [9.17, 15) is 0 Å². The number of benzene rings is 1. The molecular formula is C24H36N. The van der Waals surface area contributed by atoms with Crippen molar-refractivity contribution in [1.29, 1.82) is 0 Å². The van der Waals surface area contributed by atoms with Gasteiger partial charge in [-0.25, -0.2) is 0 Å². The summed E-state index contributed by atoms with van der Waals surface area (Å²) in [7, 11) is 0. The van der Waals surface area contributed by atoms with E-state index in [0.29, 0.717) is 0 Å². The zero-order valence-corrected chi connectivity index (χ0v) is 16.4. The van der Waals surface area contributed by atoms with Crippen molar-refractivity contribution in [3.8, 4) is 0 Å². The number of nitrogens with zero attached hydrogens (tertiary/aromatic N) is 1. The smallest absolute Gasteiger partial charge is 0.0708 e. The molecule has 1 aromatic carbocycles. The van der Waals surface area contributed by atoms with Crippen molar-refractivity contribution < 1.29 is 0 Å². The molecule has 2 unspecified atom stereocenters. The van der Waals surface area contributed by atoms with Gasteiger partial charge >= 0.3 is 0 Å². The molecule has 1 aliphatic heterocycles. The van der Waals surface area contributed by atoms with Crippen molar-refractivity contribution in [3.63, 3.8) is 0 Å². The third-order valence-corrected chi connectivity index (χ3v) is 6.26. The lowest BCUT2D eigenvalue weighted by atomic mass is 9.73. The third-order valence-electron chi connectivity index (χ3n) is 6.26. The van der Waals surface area contributed by atoms with Crippen LogP contribution in [0.2, 0.25) is 0 Å². The van der Waals surface area contributed by atoms with Crippen LogP contribution in [-0.4, -0.2) is 0 Å². The van der Waals surface area contributed by atoms with Crippen LogP contribution in [0.1, 0.15) is 96.5 Å². The number of fused-ring (bicyclic) bond motifs is 2. The van der Waals surface area contributed by atoms with E-state index in [1.54, 1.807) is 5.57 Å². The monoisotopic (exact) mass is 338 g/mol. The SMILES string of the molecule is CCCCCCC1CCC2=C([N]c3ccccc32)C1CCCCCC. The van der Waals surface area contributed by atoms with E-state index in [1.165, 1.54) is 94.0 Å². The predicted octanol–water partition coefficient (Wildman–Crippen LogP) is 7.61. The number of allylic oxidation sites excluding steroid dienone is 2. The molecule has 0 saturated heterocycles. The summed E-state index contributed by atoms with van der Waals surface area (Å²) in [6.45, 7) is 4.61. The maximum atomic E-state index is 5.13. The van der Waals surface area contributed by atoms with Crippen molar-refractivity contribution in [2.45, 2.75) is 90.9 Å². The van der Waals surface area contributed by atoms with Crippen molar-refractivity contribution in [2.24, 2.45) is 11.8 Å². The van der Waals surface area contributed by atoms with Gasteiger partial charge in [-0.15, -0.1) is 0 Å². The highest BCUT2D eigenvalue weighted by molar-refractivity contribution is 5.82. The highest BCUT2D eigenvalue weighted by atomic mass is 14.9. The van der Waals surface area contributed by atoms with Gasteiger partial charge in [0.05, 0.1) is 5.69 Å². The summed E-state index contributed by atoms with van der Waals surface area (Å²) in [4.78, 5) is 0. The second kappa shape index (κ2) is 9.46. The summed E-state index contributed by atoms with van der Waals surface area (Å²) in [6.07, 6.45) is 16.5. The molecule has 1 heteroatoms. The number of rotatable bonds is 10. The summed E-state index contributed by atoms with van der Waals surface area (Å²) in [5, 5.41) is 5.13. The summed E-state index contributed by atoms with van der Waals surface area (Å²) < 4.78 is 0. The van der Waals surface area contributed by atoms with Gasteiger partial charge in [0.15, 0.2) is 0 Å². The van der Waals surface area contributed by atoms with Crippen LogP contribution in [0.15, 0.2) is 30.0 Å². The average Bonchev–Trinajstić information content (AvgIpc) is 3.02. The molecular weight excluding hydrogens is 302 g/mol. The van der Waals surface area contributed by atoms with Gasteiger partial charge in [-0.2, -0.15) is 0 Å². The summed E-state index contributed by atoms with van der Waals surface area (Å²) in [5.74, 6) is 1.59. The van der Waals surface area contributed by atoms with Crippen LogP contribution in [-0.2, 0) is 0 Å². The van der Waals surface area contributed by atoms with Crippen molar-refractivity contribution in [2.75, 3.05) is 0 Å². The van der Waals surface area contributed by atoms with Gasteiger partial charge < -0.3 is 0 Å². The first-order valence-corrected chi connectivity index (χ1v) is 10.9. The molecule has 0 fully saturated rings. The molecule has 137 valence electrons. The molecule has 0 saturated carbocycles. The fourth-order valence-electron chi connectivity index (χ4n) is 4.83. The molecule has 1 aromatic rings. The number of hydrogen-bond acceptors (Lipinski definition) is 0. The second-order valence-electron chi connectivity index (χ2n) is 8.10. The molecule has 0 N–H and O–H groups in total. The largest absolute Gasteiger partial charge is 0.252 e. The normalized spacial score (nSPS) is 21.8. The molecule has 1 heterocycles. The predicted molar refractivity (Wildman–Crippen MR) is 109 cm³/mol. The Labute approximate surface area is 155 Å². The lowest BCUT2D eigenvalue weighted by Gasteiger charge is -2.33. The minimum atomic E-state index is 0.717. The van der Waals surface area contributed by atoms with Crippen LogP contribution in [0.3, 0.4) is 0 Å². The van der Waals surface area contributed by atoms with Gasteiger partial charge in [-0.3, -0.25) is 5.32 Å². The molecule has 0 amide bonds. The zero-order chi connectivity index (χ0) is 17.5. The first kappa shape index (κ1) is 18.5. The topological polar surface area (TPSA) is 14.1 Å². The molecule has 0 spiro atoms. The Kier molecular flexibility index (Phi) is 7.02. The Morgan fingerprint density at radius 1 is 0.880 bits per heavy atom. The van der Waals surface area contributed by atoms with Gasteiger partial charge in [0.1, 0.15) is 0 Å². The first-order chi connectivity index (χ1) is 12.3. The molecule has 1 radical (unpaired) electrons. The summed E-state index contributed by atoms with van der Waals surface area (Å²) >= 11 is 0. The Bertz CT molecular complexity index is 571. The maximum absolute atomic E-state index is 5.13. The quantitative estimate of drug-likeness (QED) is 0.390. The highest BCUT2D eigenvalue weighted by Gasteiger charge is 2.36. The Morgan fingerprint density at radius 2 is 1.60 bits per heavy atom. The lowest BCUT2D eigenvalue weighted by molar-refractivity contribution is 0.284. The molecule has 2 atom stereocenters. The lowest BCUT2D eigenvalue weighted by Crippen LogP contribution is -2.24. The highest BCUT2D eigenvalue weighted by Crippen LogP contribution is 2.49. The minimum Gasteiger partial charge on any atom is -0.252 e. The van der Waals surface area contributed by atoms with Gasteiger partial charge in [-0.05, 0) is 43.2 Å². The number of para-hydroxylation sites is 1. The zero-order valence-electron chi connectivity index (χ0n) is 16.4. The molecule has 3 rings (SSSR count). The molecule has 0 aromatic heterocycles. The molecule has 1 nitrogen and oxygen atoms in total. The minimum absolute atomic E-state index is 0.717. The van der Waals surface area contributed by atoms with Crippen molar-refractivity contribution >= 4 is 11.3 Å². The van der Waals surface area contributed by atoms with E-state index < -0.39 is 0 Å². The van der Waals surface area contributed by atoms with E-state index in [0.717, 1.165) is 11.8 Å². The molecule has 2 aliphatic rings. The molecule has 1 aliphatic carbocycles. The van der Waals surface area contributed by atoms with Gasteiger partial charge in [0.2, 0.25) is 0 Å². The second-order valence-corrected chi connectivity index (χ2v) is 8.10. The van der Waals surface area contributed by atoms with Crippen LogP contribution < -0.4 is 5.32 Å². The van der Waals surface area contributed by atoms with E-state index in [-0.39, 0.29) is 0 Å². The molecule has 25 heavy (non-hydrogen) atoms. The van der Waals surface area contributed by atoms with Crippen molar-refractivity contribution in [1.82, 2.24) is 5.32 Å². The van der Waals surface area contributed by atoms with Gasteiger partial charge in [-0.1, -0.05) is 83.4 Å². The van der Waals surface area contributed by atoms with Crippen LogP contribution >= 0.6 is 0 Å². The standard InChI is InChI=1S/C24H36N/c1-3-5-7-9-13-19-17-18-22-21-15-11-12-16-23(21)25-24(22)20(19)14-10-8-6-4-2/h11-12,15-16,19-20H,3-10,13-14,17-18H2,1-2H3. The van der Waals surface area contributed by atoms with E-state index >= 15 is 0 Å². The Morgan fingerprint density at radius 3 is 2.36 bits per heavy atom. The van der Waals surface area contributed by atoms with Crippen LogP contribution in [0.25, 0.3) is 5.57 Å². The van der Waals surface area contributed by atoms with E-state index in [1.807, 2.05) is 0 Å². The fraction of sp³-hybridized carbons (Fsp3) is 0.667. The average molecular weight is 339 g/mol. The van der Waals surface area contributed by atoms with Gasteiger partial charge in [0, 0.05) is 17.2 Å². The van der Waals surface area contributed by atoms with E-state index in [2.05, 4.69) is 38.1 Å². The number of unbranched alkanes of at least 4 members (excludes halogenated alkanes) is 6. The van der Waals surface area contributed by atoms with Crippen LogP contribution in [0.5, 0.6) is 0 Å². The number of hydrogen-bond donors (Lipinski definition) is 0. The van der Waals surface area contributed by atoms with Crippen LogP contribution in [0, 0.1) is 11.8 Å². The van der Waals surface area contributed by atoms with Crippen LogP contribution in [0.4, 0.5) is 5.69 Å². The van der Waals surface area contributed by atoms with E-state index in [4.69, 9.17) is 5.32 Å². The Balaban J connectivity index is 1.69. The fourth-order valence-corrected chi connectivity index (χ4v) is 4.83. The first-order valence-electron chi connectivity index (χ1n) is 10.9. The Hall–Kier alpha value is -1.24. The third kappa shape index (κ3) is 4.49. The van der Waals surface area contributed by atoms with Gasteiger partial charge in [0.25, 0.3) is 0 Å². The maximum Gasteiger partial charge on any atom is 0.0708 e. The summed E-state index contributed by atoms with van der Waals surface area (Å²) in [6, 6.07) is 8.81.